The summed E-state index contributed by atoms with van der Waals surface area (Å²) < 4.78 is 10.5. The lowest BCUT2D eigenvalue weighted by Gasteiger charge is -2.29. The fourth-order valence-electron chi connectivity index (χ4n) is 2.45. The van der Waals surface area contributed by atoms with E-state index in [2.05, 4.69) is 31.6 Å². The second-order valence-corrected chi connectivity index (χ2v) is 5.28. The molecule has 2 N–H and O–H groups in total. The van der Waals surface area contributed by atoms with Crippen LogP contribution < -0.4 is 15.5 Å². The average molecular weight is 321 g/mol. The van der Waals surface area contributed by atoms with E-state index in [0.717, 1.165) is 63.2 Å². The zero-order valence-electron chi connectivity index (χ0n) is 14.0. The molecule has 0 spiro atoms. The summed E-state index contributed by atoms with van der Waals surface area (Å²) in [5.41, 5.74) is 1.16. The van der Waals surface area contributed by atoms with Crippen molar-refractivity contribution >= 4 is 11.8 Å². The Balaban J connectivity index is 1.89. The van der Waals surface area contributed by atoms with Crippen molar-refractivity contribution in [2.75, 3.05) is 58.5 Å². The Morgan fingerprint density at radius 2 is 2.22 bits per heavy atom. The van der Waals surface area contributed by atoms with Crippen molar-refractivity contribution in [3.8, 4) is 0 Å². The van der Waals surface area contributed by atoms with Crippen LogP contribution in [-0.2, 0) is 16.0 Å². The van der Waals surface area contributed by atoms with Gasteiger partial charge in [0.25, 0.3) is 0 Å². The monoisotopic (exact) mass is 321 g/mol. The van der Waals surface area contributed by atoms with E-state index in [1.165, 1.54) is 0 Å². The molecule has 0 saturated carbocycles. The molecule has 0 amide bonds. The molecule has 128 valence electrons. The van der Waals surface area contributed by atoms with E-state index in [4.69, 9.17) is 9.47 Å². The highest BCUT2D eigenvalue weighted by Gasteiger charge is 2.15. The largest absolute Gasteiger partial charge is 0.385 e. The Morgan fingerprint density at radius 1 is 1.39 bits per heavy atom. The second kappa shape index (κ2) is 10.0. The lowest BCUT2D eigenvalue weighted by molar-refractivity contribution is 0.122. The number of aromatic nitrogens is 1. The van der Waals surface area contributed by atoms with E-state index in [0.29, 0.717) is 6.54 Å². The number of morpholine rings is 1. The first-order valence-corrected chi connectivity index (χ1v) is 8.05. The van der Waals surface area contributed by atoms with Crippen LogP contribution in [0.3, 0.4) is 0 Å². The zero-order chi connectivity index (χ0) is 16.3. The molecule has 7 heteroatoms. The number of rotatable bonds is 7. The third-order valence-electron chi connectivity index (χ3n) is 3.67. The maximum absolute atomic E-state index is 5.42. The molecular weight excluding hydrogens is 294 g/mol. The fourth-order valence-corrected chi connectivity index (χ4v) is 2.45. The Kier molecular flexibility index (Phi) is 7.62. The van der Waals surface area contributed by atoms with Crippen LogP contribution in [0.2, 0.25) is 0 Å². The van der Waals surface area contributed by atoms with Gasteiger partial charge in [-0.3, -0.25) is 4.99 Å². The molecular formula is C16H27N5O2. The molecule has 0 bridgehead atoms. The molecule has 23 heavy (non-hydrogen) atoms. The van der Waals surface area contributed by atoms with Gasteiger partial charge >= 0.3 is 0 Å². The van der Waals surface area contributed by atoms with Crippen LogP contribution in [0.4, 0.5) is 5.82 Å². The van der Waals surface area contributed by atoms with Crippen LogP contribution in [0.25, 0.3) is 0 Å². The second-order valence-electron chi connectivity index (χ2n) is 5.28. The van der Waals surface area contributed by atoms with Crippen LogP contribution >= 0.6 is 0 Å². The molecule has 0 radical (unpaired) electrons. The first-order valence-electron chi connectivity index (χ1n) is 8.05. The van der Waals surface area contributed by atoms with Crippen molar-refractivity contribution in [1.82, 2.24) is 15.6 Å². The number of nitrogens with one attached hydrogen (secondary N) is 2. The molecule has 2 rings (SSSR count). The number of methoxy groups -OCH3 is 1. The summed E-state index contributed by atoms with van der Waals surface area (Å²) in [6.07, 6.45) is 2.79. The Hall–Kier alpha value is -1.86. The molecule has 7 nitrogen and oxygen atoms in total. The predicted octanol–water partition coefficient (Wildman–Crippen LogP) is 0.620. The van der Waals surface area contributed by atoms with Crippen molar-refractivity contribution in [1.29, 1.82) is 0 Å². The SMILES string of the molecule is CN=C(NCCCOC)NCc1cccnc1N1CCOCC1. The van der Waals surface area contributed by atoms with Gasteiger partial charge in [-0.2, -0.15) is 0 Å². The Bertz CT molecular complexity index is 489. The van der Waals surface area contributed by atoms with Gasteiger partial charge in [-0.25, -0.2) is 4.98 Å². The van der Waals surface area contributed by atoms with Crippen LogP contribution in [-0.4, -0.2) is 64.6 Å². The first-order chi connectivity index (χ1) is 11.3. The molecule has 1 aliphatic rings. The highest BCUT2D eigenvalue weighted by atomic mass is 16.5. The Labute approximate surface area is 138 Å². The van der Waals surface area contributed by atoms with Crippen LogP contribution in [0.5, 0.6) is 0 Å². The van der Waals surface area contributed by atoms with Crippen LogP contribution in [0.15, 0.2) is 23.3 Å². The summed E-state index contributed by atoms with van der Waals surface area (Å²) in [5, 5.41) is 6.62. The molecule has 1 saturated heterocycles. The lowest BCUT2D eigenvalue weighted by atomic mass is 10.2. The van der Waals surface area contributed by atoms with Crippen molar-refractivity contribution in [2.24, 2.45) is 4.99 Å². The number of hydrogen-bond donors (Lipinski definition) is 2. The van der Waals surface area contributed by atoms with Gasteiger partial charge in [0.15, 0.2) is 5.96 Å². The summed E-state index contributed by atoms with van der Waals surface area (Å²) in [6, 6.07) is 4.07. The molecule has 1 aromatic rings. The number of aliphatic imine (C=N–C) groups is 1. The molecule has 0 aromatic carbocycles. The minimum atomic E-state index is 0.685. The van der Waals surface area contributed by atoms with Gasteiger partial charge in [0.05, 0.1) is 13.2 Å². The average Bonchev–Trinajstić information content (AvgIpc) is 2.62. The highest BCUT2D eigenvalue weighted by molar-refractivity contribution is 5.79. The summed E-state index contributed by atoms with van der Waals surface area (Å²) in [5.74, 6) is 1.82. The molecule has 1 aromatic heterocycles. The van der Waals surface area contributed by atoms with E-state index in [1.807, 2.05) is 12.3 Å². The van der Waals surface area contributed by atoms with E-state index < -0.39 is 0 Å². The molecule has 2 heterocycles. The van der Waals surface area contributed by atoms with Gasteiger partial charge in [0.2, 0.25) is 0 Å². The highest BCUT2D eigenvalue weighted by Crippen LogP contribution is 2.18. The van der Waals surface area contributed by atoms with Gasteiger partial charge in [-0.1, -0.05) is 6.07 Å². The van der Waals surface area contributed by atoms with Gasteiger partial charge in [-0.05, 0) is 12.5 Å². The summed E-state index contributed by atoms with van der Waals surface area (Å²) in [6.45, 7) is 5.54. The van der Waals surface area contributed by atoms with Gasteiger partial charge < -0.3 is 25.0 Å². The lowest BCUT2D eigenvalue weighted by Crippen LogP contribution is -2.39. The van der Waals surface area contributed by atoms with Crippen molar-refractivity contribution in [2.45, 2.75) is 13.0 Å². The number of guanidine groups is 1. The summed E-state index contributed by atoms with van der Waals surface area (Å²) in [4.78, 5) is 11.1. The van der Waals surface area contributed by atoms with Gasteiger partial charge in [0.1, 0.15) is 5.82 Å². The van der Waals surface area contributed by atoms with Gasteiger partial charge in [-0.15, -0.1) is 0 Å². The third kappa shape index (κ3) is 5.69. The topological polar surface area (TPSA) is 71.0 Å². The summed E-state index contributed by atoms with van der Waals surface area (Å²) >= 11 is 0. The molecule has 0 unspecified atom stereocenters. The Morgan fingerprint density at radius 3 is 2.96 bits per heavy atom. The van der Waals surface area contributed by atoms with Crippen molar-refractivity contribution in [3.63, 3.8) is 0 Å². The van der Waals surface area contributed by atoms with Crippen LogP contribution in [0.1, 0.15) is 12.0 Å². The van der Waals surface area contributed by atoms with Crippen molar-refractivity contribution in [3.05, 3.63) is 23.9 Å². The number of nitrogens with zero attached hydrogens (tertiary/aromatic N) is 3. The number of pyridine rings is 1. The molecule has 0 aliphatic carbocycles. The van der Waals surface area contributed by atoms with E-state index in [1.54, 1.807) is 14.2 Å². The number of anilines is 1. The van der Waals surface area contributed by atoms with Crippen LogP contribution in [0, 0.1) is 0 Å². The normalized spacial score (nSPS) is 15.6. The van der Waals surface area contributed by atoms with E-state index in [9.17, 15) is 0 Å². The number of ether oxygens (including phenoxy) is 2. The first kappa shape index (κ1) is 17.5. The zero-order valence-corrected chi connectivity index (χ0v) is 14.0. The molecule has 1 fully saturated rings. The quantitative estimate of drug-likeness (QED) is 0.436. The predicted molar refractivity (Wildman–Crippen MR) is 92.0 cm³/mol. The molecule has 1 aliphatic heterocycles. The fraction of sp³-hybridized carbons (Fsp3) is 0.625. The minimum absolute atomic E-state index is 0.685. The standard InChI is InChI=1S/C16H27N5O2/c1-17-16(19-7-4-10-22-2)20-13-14-5-3-6-18-15(14)21-8-11-23-12-9-21/h3,5-6H,4,7-13H2,1-2H3,(H2,17,19,20). The third-order valence-corrected chi connectivity index (χ3v) is 3.67. The maximum Gasteiger partial charge on any atom is 0.191 e. The summed E-state index contributed by atoms with van der Waals surface area (Å²) in [7, 11) is 3.49. The van der Waals surface area contributed by atoms with Gasteiger partial charge in [0, 0.05) is 58.7 Å². The smallest absolute Gasteiger partial charge is 0.191 e. The number of hydrogen-bond acceptors (Lipinski definition) is 5. The van der Waals surface area contributed by atoms with E-state index in [-0.39, 0.29) is 0 Å². The molecule has 0 atom stereocenters. The van der Waals surface area contributed by atoms with Crippen molar-refractivity contribution < 1.29 is 9.47 Å². The van der Waals surface area contributed by atoms with E-state index >= 15 is 0 Å². The maximum atomic E-state index is 5.42. The minimum Gasteiger partial charge on any atom is -0.385 e.